The molecule has 0 bridgehead atoms. The van der Waals surface area contributed by atoms with Gasteiger partial charge in [-0.1, -0.05) is 18.2 Å². The van der Waals surface area contributed by atoms with E-state index in [0.29, 0.717) is 28.0 Å². The predicted molar refractivity (Wildman–Crippen MR) is 127 cm³/mol. The molecule has 0 unspecified atom stereocenters. The van der Waals surface area contributed by atoms with Gasteiger partial charge in [-0.05, 0) is 62.4 Å². The van der Waals surface area contributed by atoms with Crippen LogP contribution in [-0.4, -0.2) is 47.4 Å². The highest BCUT2D eigenvalue weighted by Gasteiger charge is 2.24. The van der Waals surface area contributed by atoms with E-state index in [1.807, 2.05) is 13.1 Å². The van der Waals surface area contributed by atoms with Gasteiger partial charge in [-0.25, -0.2) is 26.7 Å². The van der Waals surface area contributed by atoms with Crippen LogP contribution in [0.3, 0.4) is 0 Å². The molecular formula is C25H23FN4O2S. The van der Waals surface area contributed by atoms with E-state index in [9.17, 15) is 12.8 Å². The molecule has 0 radical (unpaired) electrons. The molecule has 3 heterocycles. The third-order valence-corrected chi connectivity index (χ3v) is 7.62. The van der Waals surface area contributed by atoms with Crippen LogP contribution in [-0.2, 0) is 10.0 Å². The van der Waals surface area contributed by atoms with E-state index in [0.717, 1.165) is 30.6 Å². The van der Waals surface area contributed by atoms with Crippen LogP contribution in [0.1, 0.15) is 17.8 Å². The summed E-state index contributed by atoms with van der Waals surface area (Å²) in [6.07, 6.45) is 6.12. The average Bonchev–Trinajstić information content (AvgIpc) is 3.19. The Balaban J connectivity index is 1.66. The Morgan fingerprint density at radius 3 is 2.70 bits per heavy atom. The molecule has 5 rings (SSSR count). The number of hydrogen-bond donors (Lipinski definition) is 0. The summed E-state index contributed by atoms with van der Waals surface area (Å²) < 4.78 is 42.9. The second-order valence-electron chi connectivity index (χ2n) is 8.26. The summed E-state index contributed by atoms with van der Waals surface area (Å²) in [5.74, 6) is 0.212. The summed E-state index contributed by atoms with van der Waals surface area (Å²) in [7, 11) is -1.90. The van der Waals surface area contributed by atoms with Gasteiger partial charge < -0.3 is 4.90 Å². The largest absolute Gasteiger partial charge is 0.302 e. The van der Waals surface area contributed by atoms with E-state index in [2.05, 4.69) is 20.9 Å². The van der Waals surface area contributed by atoms with Gasteiger partial charge >= 0.3 is 0 Å². The molecule has 0 N–H and O–H groups in total. The fourth-order valence-corrected chi connectivity index (χ4v) is 5.60. The monoisotopic (exact) mass is 462 g/mol. The van der Waals surface area contributed by atoms with Gasteiger partial charge in [-0.3, -0.25) is 0 Å². The van der Waals surface area contributed by atoms with Crippen molar-refractivity contribution in [3.05, 3.63) is 84.2 Å². The minimum Gasteiger partial charge on any atom is -0.302 e. The molecule has 0 atom stereocenters. The number of halogens is 1. The molecule has 1 aliphatic heterocycles. The maximum atomic E-state index is 14.1. The summed E-state index contributed by atoms with van der Waals surface area (Å²) in [4.78, 5) is 10.8. The first-order valence-electron chi connectivity index (χ1n) is 10.7. The van der Waals surface area contributed by atoms with Gasteiger partial charge in [0.1, 0.15) is 11.6 Å². The number of aryl methyl sites for hydroxylation is 1. The Bertz CT molecular complexity index is 1510. The van der Waals surface area contributed by atoms with E-state index in [1.165, 1.54) is 22.2 Å². The van der Waals surface area contributed by atoms with E-state index in [4.69, 9.17) is 0 Å². The van der Waals surface area contributed by atoms with Gasteiger partial charge in [-0.2, -0.15) is 0 Å². The van der Waals surface area contributed by atoms with Crippen LogP contribution in [0.4, 0.5) is 4.39 Å². The number of nitrogens with zero attached hydrogens (tertiary/aromatic N) is 4. The van der Waals surface area contributed by atoms with E-state index >= 15 is 0 Å². The molecule has 0 saturated carbocycles. The molecule has 1 aliphatic rings. The van der Waals surface area contributed by atoms with E-state index < -0.39 is 15.8 Å². The maximum Gasteiger partial charge on any atom is 0.268 e. The molecule has 0 amide bonds. The van der Waals surface area contributed by atoms with Gasteiger partial charge in [0.05, 0.1) is 16.1 Å². The van der Waals surface area contributed by atoms with Crippen molar-refractivity contribution in [1.29, 1.82) is 0 Å². The van der Waals surface area contributed by atoms with Crippen LogP contribution in [0.15, 0.2) is 71.9 Å². The first-order valence-corrected chi connectivity index (χ1v) is 12.1. The second-order valence-corrected chi connectivity index (χ2v) is 10.1. The molecule has 4 aromatic rings. The van der Waals surface area contributed by atoms with Crippen molar-refractivity contribution in [2.24, 2.45) is 0 Å². The summed E-state index contributed by atoms with van der Waals surface area (Å²) in [6.45, 7) is 3.42. The smallest absolute Gasteiger partial charge is 0.268 e. The molecule has 33 heavy (non-hydrogen) atoms. The zero-order valence-corrected chi connectivity index (χ0v) is 19.2. The van der Waals surface area contributed by atoms with Crippen molar-refractivity contribution >= 4 is 26.5 Å². The highest BCUT2D eigenvalue weighted by atomic mass is 32.2. The van der Waals surface area contributed by atoms with Crippen LogP contribution >= 0.6 is 0 Å². The van der Waals surface area contributed by atoms with E-state index in [1.54, 1.807) is 43.6 Å². The van der Waals surface area contributed by atoms with Gasteiger partial charge in [-0.15, -0.1) is 0 Å². The lowest BCUT2D eigenvalue weighted by Crippen LogP contribution is -2.23. The van der Waals surface area contributed by atoms with Crippen molar-refractivity contribution in [2.75, 3.05) is 20.1 Å². The SMILES string of the molecule is Cc1nccc(-c2cccc(S(=O)(=O)n3cc(C4=CCN(C)CC4)c4cc(F)ccc43)c2)n1. The van der Waals surface area contributed by atoms with Gasteiger partial charge in [0.25, 0.3) is 10.0 Å². The highest BCUT2D eigenvalue weighted by molar-refractivity contribution is 7.90. The van der Waals surface area contributed by atoms with Crippen LogP contribution in [0.2, 0.25) is 0 Å². The normalized spacial score (nSPS) is 15.1. The Hall–Kier alpha value is -3.36. The summed E-state index contributed by atoms with van der Waals surface area (Å²) >= 11 is 0. The molecule has 0 aliphatic carbocycles. The van der Waals surface area contributed by atoms with Crippen molar-refractivity contribution < 1.29 is 12.8 Å². The van der Waals surface area contributed by atoms with E-state index in [-0.39, 0.29) is 4.90 Å². The Morgan fingerprint density at radius 2 is 1.94 bits per heavy atom. The molecule has 168 valence electrons. The molecular weight excluding hydrogens is 439 g/mol. The van der Waals surface area contributed by atoms with Crippen molar-refractivity contribution in [3.8, 4) is 11.3 Å². The fraction of sp³-hybridized carbons (Fsp3) is 0.200. The maximum absolute atomic E-state index is 14.1. The van der Waals surface area contributed by atoms with Gasteiger partial charge in [0.15, 0.2) is 0 Å². The van der Waals surface area contributed by atoms with Crippen LogP contribution < -0.4 is 0 Å². The molecule has 0 saturated heterocycles. The topological polar surface area (TPSA) is 68.1 Å². The number of rotatable bonds is 4. The van der Waals surface area contributed by atoms with Crippen LogP contribution in [0.25, 0.3) is 27.7 Å². The number of aromatic nitrogens is 3. The molecule has 2 aromatic heterocycles. The predicted octanol–water partition coefficient (Wildman–Crippen LogP) is 4.50. The standard InChI is InChI=1S/C25H23FN4O2S/c1-17-27-11-8-24(28-17)19-4-3-5-21(14-19)33(31,32)30-16-23(18-9-12-29(2)13-10-18)22-15-20(26)6-7-25(22)30/h3-9,11,14-16H,10,12-13H2,1-2H3. The Labute approximate surface area is 192 Å². The Kier molecular flexibility index (Phi) is 5.34. The molecule has 8 heteroatoms. The van der Waals surface area contributed by atoms with Gasteiger partial charge in [0.2, 0.25) is 0 Å². The zero-order chi connectivity index (χ0) is 23.2. The van der Waals surface area contributed by atoms with Crippen LogP contribution in [0.5, 0.6) is 0 Å². The third kappa shape index (κ3) is 3.96. The zero-order valence-electron chi connectivity index (χ0n) is 18.4. The average molecular weight is 463 g/mol. The van der Waals surface area contributed by atoms with Gasteiger partial charge in [0, 0.05) is 42.0 Å². The quantitative estimate of drug-likeness (QED) is 0.447. The minimum atomic E-state index is -3.93. The Morgan fingerprint density at radius 1 is 1.09 bits per heavy atom. The second kappa shape index (κ2) is 8.20. The number of fused-ring (bicyclic) bond motifs is 1. The molecule has 0 fully saturated rings. The lowest BCUT2D eigenvalue weighted by atomic mass is 9.99. The van der Waals surface area contributed by atoms with Crippen molar-refractivity contribution in [3.63, 3.8) is 0 Å². The summed E-state index contributed by atoms with van der Waals surface area (Å²) in [5.41, 5.74) is 3.57. The molecule has 0 spiro atoms. The summed E-state index contributed by atoms with van der Waals surface area (Å²) in [6, 6.07) is 12.7. The third-order valence-electron chi connectivity index (χ3n) is 5.95. The lowest BCUT2D eigenvalue weighted by Gasteiger charge is -2.21. The molecule has 6 nitrogen and oxygen atoms in total. The number of likely N-dealkylation sites (N-methyl/N-ethyl adjacent to an activating group) is 1. The van der Waals surface area contributed by atoms with Crippen molar-refractivity contribution in [2.45, 2.75) is 18.2 Å². The lowest BCUT2D eigenvalue weighted by molar-refractivity contribution is 0.370. The first-order chi connectivity index (χ1) is 15.8. The van der Waals surface area contributed by atoms with Crippen LogP contribution in [0, 0.1) is 12.7 Å². The summed E-state index contributed by atoms with van der Waals surface area (Å²) in [5, 5.41) is 0.594. The highest BCUT2D eigenvalue weighted by Crippen LogP contribution is 2.34. The first kappa shape index (κ1) is 21.5. The number of benzene rings is 2. The van der Waals surface area contributed by atoms with Crippen molar-refractivity contribution in [1.82, 2.24) is 18.8 Å². The molecule has 2 aromatic carbocycles. The minimum absolute atomic E-state index is 0.140. The fourth-order valence-electron chi connectivity index (χ4n) is 4.19. The number of hydrogen-bond acceptors (Lipinski definition) is 5.